The maximum absolute atomic E-state index is 12.2. The van der Waals surface area contributed by atoms with Crippen molar-refractivity contribution < 1.29 is 9.59 Å². The highest BCUT2D eigenvalue weighted by Crippen LogP contribution is 2.17. The Bertz CT molecular complexity index is 622. The van der Waals surface area contributed by atoms with Crippen molar-refractivity contribution in [2.75, 3.05) is 18.4 Å². The van der Waals surface area contributed by atoms with Crippen molar-refractivity contribution >= 4 is 17.5 Å². The monoisotopic (exact) mass is 328 g/mol. The Morgan fingerprint density at radius 1 is 1.33 bits per heavy atom. The summed E-state index contributed by atoms with van der Waals surface area (Å²) < 4.78 is 0. The molecule has 128 valence electrons. The number of amides is 2. The molecule has 24 heavy (non-hydrogen) atoms. The van der Waals surface area contributed by atoms with Gasteiger partial charge in [0.1, 0.15) is 6.04 Å². The fourth-order valence-electron chi connectivity index (χ4n) is 2.81. The van der Waals surface area contributed by atoms with Gasteiger partial charge in [-0.2, -0.15) is 5.26 Å². The highest BCUT2D eigenvalue weighted by molar-refractivity contribution is 5.91. The molecule has 1 fully saturated rings. The van der Waals surface area contributed by atoms with Crippen LogP contribution in [0.15, 0.2) is 30.3 Å². The van der Waals surface area contributed by atoms with E-state index >= 15 is 0 Å². The lowest BCUT2D eigenvalue weighted by molar-refractivity contribution is -0.130. The first-order valence-electron chi connectivity index (χ1n) is 8.20. The van der Waals surface area contributed by atoms with Crippen LogP contribution in [0.25, 0.3) is 0 Å². The molecule has 6 nitrogen and oxygen atoms in total. The van der Waals surface area contributed by atoms with E-state index in [1.165, 1.54) is 0 Å². The molecule has 1 atom stereocenters. The van der Waals surface area contributed by atoms with Gasteiger partial charge in [0.05, 0.1) is 12.6 Å². The molecule has 1 aromatic carbocycles. The molecule has 2 rings (SSSR count). The van der Waals surface area contributed by atoms with Gasteiger partial charge in [-0.05, 0) is 38.8 Å². The molecule has 1 aromatic rings. The zero-order chi connectivity index (χ0) is 17.6. The van der Waals surface area contributed by atoms with Crippen LogP contribution in [0.4, 0.5) is 5.69 Å². The first-order valence-corrected chi connectivity index (χ1v) is 8.20. The van der Waals surface area contributed by atoms with E-state index in [1.54, 1.807) is 4.90 Å². The van der Waals surface area contributed by atoms with E-state index in [1.807, 2.05) is 44.2 Å². The van der Waals surface area contributed by atoms with Crippen molar-refractivity contribution in [3.63, 3.8) is 0 Å². The Balaban J connectivity index is 1.81. The number of nitrogens with zero attached hydrogens (tertiary/aromatic N) is 2. The van der Waals surface area contributed by atoms with Crippen LogP contribution in [-0.2, 0) is 9.59 Å². The number of hydrogen-bond acceptors (Lipinski definition) is 4. The number of carbonyl (C=O) groups excluding carboxylic acids is 2. The Hall–Kier alpha value is -2.39. The van der Waals surface area contributed by atoms with Crippen LogP contribution in [0.5, 0.6) is 0 Å². The standard InChI is InChI=1S/C18H24N4O2/c1-18(2,11-16(23)21-14-7-4-3-5-8-14)20-13-17(24)22-10-6-9-15(22)12-19/h3-5,7-8,15,20H,6,9-11,13H2,1-2H3,(H,21,23)/t15-/m0/s1. The van der Waals surface area contributed by atoms with Crippen molar-refractivity contribution in [3.05, 3.63) is 30.3 Å². The van der Waals surface area contributed by atoms with Crippen LogP contribution < -0.4 is 10.6 Å². The summed E-state index contributed by atoms with van der Waals surface area (Å²) in [5.74, 6) is -0.196. The molecule has 1 aliphatic rings. The lowest BCUT2D eigenvalue weighted by Crippen LogP contribution is -2.48. The minimum Gasteiger partial charge on any atom is -0.326 e. The Kier molecular flexibility index (Phi) is 5.93. The van der Waals surface area contributed by atoms with E-state index < -0.39 is 5.54 Å². The maximum Gasteiger partial charge on any atom is 0.237 e. The fraction of sp³-hybridized carbons (Fsp3) is 0.500. The highest BCUT2D eigenvalue weighted by atomic mass is 16.2. The molecule has 0 unspecified atom stereocenters. The summed E-state index contributed by atoms with van der Waals surface area (Å²) in [6.07, 6.45) is 1.86. The lowest BCUT2D eigenvalue weighted by Gasteiger charge is -2.27. The molecular formula is C18H24N4O2. The molecule has 1 saturated heterocycles. The van der Waals surface area contributed by atoms with E-state index in [0.717, 1.165) is 18.5 Å². The maximum atomic E-state index is 12.2. The number of nitrogens with one attached hydrogen (secondary N) is 2. The van der Waals surface area contributed by atoms with Gasteiger partial charge in [-0.15, -0.1) is 0 Å². The van der Waals surface area contributed by atoms with Crippen LogP contribution in [0.2, 0.25) is 0 Å². The van der Waals surface area contributed by atoms with E-state index in [9.17, 15) is 9.59 Å². The van der Waals surface area contributed by atoms with Crippen LogP contribution in [0.3, 0.4) is 0 Å². The highest BCUT2D eigenvalue weighted by Gasteiger charge is 2.30. The summed E-state index contributed by atoms with van der Waals surface area (Å²) in [6.45, 7) is 4.53. The van der Waals surface area contributed by atoms with Gasteiger partial charge in [0.15, 0.2) is 0 Å². The Morgan fingerprint density at radius 2 is 2.04 bits per heavy atom. The smallest absolute Gasteiger partial charge is 0.237 e. The fourth-order valence-corrected chi connectivity index (χ4v) is 2.81. The Labute approximate surface area is 142 Å². The minimum absolute atomic E-state index is 0.0874. The molecule has 0 spiro atoms. The average Bonchev–Trinajstić information content (AvgIpc) is 3.01. The SMILES string of the molecule is CC(C)(CC(=O)Nc1ccccc1)NCC(=O)N1CCC[C@H]1C#N. The topological polar surface area (TPSA) is 85.2 Å². The number of hydrogen-bond donors (Lipinski definition) is 2. The Morgan fingerprint density at radius 3 is 2.71 bits per heavy atom. The van der Waals surface area contributed by atoms with Crippen LogP contribution in [-0.4, -0.2) is 41.4 Å². The van der Waals surface area contributed by atoms with Crippen LogP contribution in [0, 0.1) is 11.3 Å². The van der Waals surface area contributed by atoms with Crippen LogP contribution >= 0.6 is 0 Å². The molecule has 2 N–H and O–H groups in total. The largest absolute Gasteiger partial charge is 0.326 e. The van der Waals surface area contributed by atoms with E-state index in [4.69, 9.17) is 5.26 Å². The van der Waals surface area contributed by atoms with Crippen molar-refractivity contribution in [3.8, 4) is 6.07 Å². The third-order valence-electron chi connectivity index (χ3n) is 4.10. The van der Waals surface area contributed by atoms with E-state index in [2.05, 4.69) is 16.7 Å². The predicted octanol–water partition coefficient (Wildman–Crippen LogP) is 1.90. The molecule has 0 saturated carbocycles. The second-order valence-corrected chi connectivity index (χ2v) is 6.70. The first-order chi connectivity index (χ1) is 11.4. The minimum atomic E-state index is -0.517. The van der Waals surface area contributed by atoms with Crippen molar-refractivity contribution in [1.82, 2.24) is 10.2 Å². The summed E-state index contributed by atoms with van der Waals surface area (Å²) >= 11 is 0. The third kappa shape index (κ3) is 5.07. The van der Waals surface area contributed by atoms with Gasteiger partial charge in [0, 0.05) is 24.2 Å². The summed E-state index contributed by atoms with van der Waals surface area (Å²) in [5, 5.41) is 15.0. The van der Waals surface area contributed by atoms with Crippen molar-refractivity contribution in [1.29, 1.82) is 5.26 Å². The third-order valence-corrected chi connectivity index (χ3v) is 4.10. The quantitative estimate of drug-likeness (QED) is 0.835. The number of nitriles is 1. The van der Waals surface area contributed by atoms with Crippen molar-refractivity contribution in [2.45, 2.75) is 44.7 Å². The summed E-state index contributed by atoms with van der Waals surface area (Å²) in [6, 6.07) is 11.1. The second-order valence-electron chi connectivity index (χ2n) is 6.70. The van der Waals surface area contributed by atoms with Gasteiger partial charge in [0.25, 0.3) is 0 Å². The predicted molar refractivity (Wildman–Crippen MR) is 92.1 cm³/mol. The number of benzene rings is 1. The lowest BCUT2D eigenvalue weighted by atomic mass is 10.00. The second kappa shape index (κ2) is 7.93. The average molecular weight is 328 g/mol. The summed E-state index contributed by atoms with van der Waals surface area (Å²) in [4.78, 5) is 26.0. The van der Waals surface area contributed by atoms with Crippen LogP contribution in [0.1, 0.15) is 33.1 Å². The van der Waals surface area contributed by atoms with Gasteiger partial charge < -0.3 is 15.5 Å². The zero-order valence-electron chi connectivity index (χ0n) is 14.2. The molecule has 6 heteroatoms. The summed E-state index contributed by atoms with van der Waals surface area (Å²) in [5.41, 5.74) is 0.236. The molecular weight excluding hydrogens is 304 g/mol. The molecule has 0 aromatic heterocycles. The van der Waals surface area contributed by atoms with Gasteiger partial charge in [-0.25, -0.2) is 0 Å². The van der Waals surface area contributed by atoms with E-state index in [0.29, 0.717) is 6.54 Å². The number of rotatable bonds is 6. The molecule has 2 amide bonds. The molecule has 0 aliphatic carbocycles. The van der Waals surface area contributed by atoms with Gasteiger partial charge in [0.2, 0.25) is 11.8 Å². The summed E-state index contributed by atoms with van der Waals surface area (Å²) in [7, 11) is 0. The van der Waals surface area contributed by atoms with E-state index in [-0.39, 0.29) is 30.8 Å². The molecule has 1 heterocycles. The number of likely N-dealkylation sites (tertiary alicyclic amines) is 1. The zero-order valence-corrected chi connectivity index (χ0v) is 14.2. The number of para-hydroxylation sites is 1. The van der Waals surface area contributed by atoms with Gasteiger partial charge in [-0.1, -0.05) is 18.2 Å². The first kappa shape index (κ1) is 18.0. The van der Waals surface area contributed by atoms with Gasteiger partial charge in [-0.3, -0.25) is 9.59 Å². The normalized spacial score (nSPS) is 17.4. The molecule has 1 aliphatic heterocycles. The van der Waals surface area contributed by atoms with Crippen molar-refractivity contribution in [2.24, 2.45) is 0 Å². The molecule has 0 bridgehead atoms. The molecule has 0 radical (unpaired) electrons. The number of anilines is 1. The number of carbonyl (C=O) groups is 2. The van der Waals surface area contributed by atoms with Gasteiger partial charge >= 0.3 is 0 Å².